The number of Topliss-reactive ketones (excluding diaryl/α,β-unsaturated/α-hetero) is 2. The summed E-state index contributed by atoms with van der Waals surface area (Å²) in [7, 11) is 0. The van der Waals surface area contributed by atoms with Crippen LogP contribution < -0.4 is 16.4 Å². The topological polar surface area (TPSA) is 109 Å². The predicted molar refractivity (Wildman–Crippen MR) is 269 cm³/mol. The highest BCUT2D eigenvalue weighted by Gasteiger charge is 2.05. The minimum atomic E-state index is -0.0156. The van der Waals surface area contributed by atoms with Gasteiger partial charge in [-0.2, -0.15) is 0 Å². The molecule has 0 atom stereocenters. The smallest absolute Gasteiger partial charge is 0.159 e. The van der Waals surface area contributed by atoms with Gasteiger partial charge in [-0.15, -0.1) is 0 Å². The first-order valence-electron chi connectivity index (χ1n) is 21.1. The maximum absolute atomic E-state index is 10.9. The lowest BCUT2D eigenvalue weighted by molar-refractivity contribution is 0.101. The Bertz CT molecular complexity index is 2640. The Morgan fingerprint density at radius 3 is 1.14 bits per heavy atom. The lowest BCUT2D eigenvalue weighted by Gasteiger charge is -2.08. The number of aliphatic imine (C=N–C) groups is 2. The molecule has 7 heteroatoms. The van der Waals surface area contributed by atoms with Crippen LogP contribution in [-0.2, 0) is 6.42 Å². The first kappa shape index (κ1) is 45.4. The summed E-state index contributed by atoms with van der Waals surface area (Å²) in [5.41, 5.74) is 20.3. The van der Waals surface area contributed by atoms with Crippen molar-refractivity contribution < 1.29 is 9.59 Å². The number of hydrogen-bond donors (Lipinski definition) is 3. The van der Waals surface area contributed by atoms with E-state index in [1.807, 2.05) is 141 Å². The second kappa shape index (κ2) is 23.2. The lowest BCUT2D eigenvalue weighted by Crippen LogP contribution is -1.99. The Kier molecular flexibility index (Phi) is 16.4. The fraction of sp³-hybridized carbons (Fsp3) is 0.0877. The van der Waals surface area contributed by atoms with Gasteiger partial charge in [0.15, 0.2) is 11.6 Å². The van der Waals surface area contributed by atoms with Gasteiger partial charge >= 0.3 is 0 Å². The third kappa shape index (κ3) is 14.5. The quantitative estimate of drug-likeness (QED) is 0.0645. The molecule has 0 amide bonds. The maximum atomic E-state index is 10.9. The highest BCUT2D eigenvalue weighted by atomic mass is 16.1. The van der Waals surface area contributed by atoms with Crippen molar-refractivity contribution in [1.82, 2.24) is 0 Å². The molecule has 0 bridgehead atoms. The second-order valence-corrected chi connectivity index (χ2v) is 15.1. The molecule has 0 aliphatic rings. The summed E-state index contributed by atoms with van der Waals surface area (Å²) in [6.07, 6.45) is 0.973. The number of rotatable bonds is 12. The van der Waals surface area contributed by atoms with Crippen LogP contribution in [0.5, 0.6) is 0 Å². The average molecular weight is 840 g/mol. The molecule has 0 spiro atoms. The van der Waals surface area contributed by atoms with E-state index in [-0.39, 0.29) is 11.6 Å². The van der Waals surface area contributed by atoms with E-state index in [0.717, 1.165) is 68.8 Å². The summed E-state index contributed by atoms with van der Waals surface area (Å²) < 4.78 is 0. The first-order valence-corrected chi connectivity index (χ1v) is 21.1. The zero-order chi connectivity index (χ0) is 45.1. The van der Waals surface area contributed by atoms with E-state index in [0.29, 0.717) is 11.1 Å². The van der Waals surface area contributed by atoms with Gasteiger partial charge in [0, 0.05) is 51.0 Å². The highest BCUT2D eigenvalue weighted by molar-refractivity contribution is 6.05. The van der Waals surface area contributed by atoms with E-state index in [1.165, 1.54) is 25.0 Å². The molecule has 0 saturated heterocycles. The Balaban J connectivity index is 0.000000212. The molecule has 0 saturated carbocycles. The molecule has 8 rings (SSSR count). The third-order valence-corrected chi connectivity index (χ3v) is 10.1. The zero-order valence-corrected chi connectivity index (χ0v) is 36.7. The van der Waals surface area contributed by atoms with E-state index in [9.17, 15) is 9.59 Å². The summed E-state index contributed by atoms with van der Waals surface area (Å²) >= 11 is 0. The first-order chi connectivity index (χ1) is 31.1. The SMILES string of the molecule is CC(=Nc1ccc(Nc2ccccc2)cc1)c1cccc(C(C)=Nc2ccc(Nc3ccccc3)cc2)c1.CC(=O)c1cccc(C(C)=O)c1.Nc1ccc(Cc2ccccc2)cc1. The number of ketones is 2. The van der Waals surface area contributed by atoms with Crippen LogP contribution in [0.1, 0.15) is 70.7 Å². The van der Waals surface area contributed by atoms with Gasteiger partial charge in [-0.1, -0.05) is 115 Å². The van der Waals surface area contributed by atoms with Crippen LogP contribution in [0.15, 0.2) is 222 Å². The fourth-order valence-electron chi connectivity index (χ4n) is 6.52. The highest BCUT2D eigenvalue weighted by Crippen LogP contribution is 2.24. The molecule has 7 nitrogen and oxygen atoms in total. The minimum Gasteiger partial charge on any atom is -0.399 e. The molecule has 0 heterocycles. The molecule has 0 radical (unpaired) electrons. The molecule has 0 aliphatic heterocycles. The van der Waals surface area contributed by atoms with Crippen LogP contribution >= 0.6 is 0 Å². The van der Waals surface area contributed by atoms with Crippen molar-refractivity contribution in [3.8, 4) is 0 Å². The average Bonchev–Trinajstić information content (AvgIpc) is 3.32. The van der Waals surface area contributed by atoms with Crippen LogP contribution in [0, 0.1) is 0 Å². The monoisotopic (exact) mass is 839 g/mol. The van der Waals surface area contributed by atoms with Gasteiger partial charge in [0.1, 0.15) is 0 Å². The van der Waals surface area contributed by atoms with Gasteiger partial charge in [0.25, 0.3) is 0 Å². The number of nitrogen functional groups attached to an aromatic ring is 1. The molecular formula is C57H53N5O2. The standard InChI is InChI=1S/C34H30N4.C13H13N.C10H10O2/c1-25(35-31-16-20-33(21-17-31)37-29-12-5-3-6-13-29)27-10-9-11-28(24-27)26(2)36-32-18-22-34(23-19-32)38-30-14-7-4-8-15-30;14-13-8-6-12(7-9-13)10-11-4-2-1-3-5-11;1-7(11)9-4-3-5-10(6-9)8(2)12/h3-24,37-38H,1-2H3;1-9H,10,14H2;3-6H,1-2H3. The van der Waals surface area contributed by atoms with E-state index in [4.69, 9.17) is 15.7 Å². The molecule has 8 aromatic rings. The Hall–Kier alpha value is -8.16. The van der Waals surface area contributed by atoms with E-state index in [2.05, 4.69) is 71.3 Å². The number of hydrogen-bond acceptors (Lipinski definition) is 7. The van der Waals surface area contributed by atoms with Gasteiger partial charge in [-0.25, -0.2) is 0 Å². The Labute approximate surface area is 377 Å². The van der Waals surface area contributed by atoms with Gasteiger partial charge in [0.2, 0.25) is 0 Å². The largest absolute Gasteiger partial charge is 0.399 e. The van der Waals surface area contributed by atoms with Crippen LogP contribution in [-0.4, -0.2) is 23.0 Å². The third-order valence-electron chi connectivity index (χ3n) is 10.1. The number of para-hydroxylation sites is 2. The molecule has 0 aliphatic carbocycles. The zero-order valence-electron chi connectivity index (χ0n) is 36.7. The number of benzene rings is 8. The van der Waals surface area contributed by atoms with Crippen molar-refractivity contribution in [3.05, 3.63) is 246 Å². The normalized spacial score (nSPS) is 10.9. The number of nitrogens with zero attached hydrogens (tertiary/aromatic N) is 2. The van der Waals surface area contributed by atoms with Crippen molar-refractivity contribution in [2.24, 2.45) is 9.98 Å². The maximum Gasteiger partial charge on any atom is 0.159 e. The summed E-state index contributed by atoms with van der Waals surface area (Å²) in [4.78, 5) is 31.5. The molecule has 0 fully saturated rings. The summed E-state index contributed by atoms with van der Waals surface area (Å²) in [5, 5.41) is 6.81. The Morgan fingerprint density at radius 2 is 0.734 bits per heavy atom. The van der Waals surface area contributed by atoms with Crippen LogP contribution in [0.25, 0.3) is 0 Å². The minimum absolute atomic E-state index is 0.0156. The van der Waals surface area contributed by atoms with Gasteiger partial charge in [0.05, 0.1) is 11.4 Å². The van der Waals surface area contributed by atoms with Crippen molar-refractivity contribution in [2.45, 2.75) is 34.1 Å². The number of carbonyl (C=O) groups is 2. The molecule has 0 aromatic heterocycles. The lowest BCUT2D eigenvalue weighted by atomic mass is 10.0. The van der Waals surface area contributed by atoms with Gasteiger partial charge in [-0.3, -0.25) is 19.6 Å². The predicted octanol–water partition coefficient (Wildman–Crippen LogP) is 14.4. The second-order valence-electron chi connectivity index (χ2n) is 15.1. The summed E-state index contributed by atoms with van der Waals surface area (Å²) in [6.45, 7) is 7.05. The van der Waals surface area contributed by atoms with Gasteiger partial charge < -0.3 is 16.4 Å². The molecule has 8 aromatic carbocycles. The van der Waals surface area contributed by atoms with Gasteiger partial charge in [-0.05, 0) is 153 Å². The van der Waals surface area contributed by atoms with E-state index in [1.54, 1.807) is 24.3 Å². The fourth-order valence-corrected chi connectivity index (χ4v) is 6.52. The molecule has 0 unspecified atom stereocenters. The number of carbonyl (C=O) groups excluding carboxylic acids is 2. The number of nitrogens with one attached hydrogen (secondary N) is 2. The molecular weight excluding hydrogens is 787 g/mol. The molecule has 64 heavy (non-hydrogen) atoms. The summed E-state index contributed by atoms with van der Waals surface area (Å²) in [6, 6.07) is 70.2. The molecule has 318 valence electrons. The van der Waals surface area contributed by atoms with Crippen LogP contribution in [0.4, 0.5) is 39.8 Å². The number of nitrogens with two attached hydrogens (primary N) is 1. The van der Waals surface area contributed by atoms with Crippen molar-refractivity contribution >= 4 is 62.8 Å². The summed E-state index contributed by atoms with van der Waals surface area (Å²) in [5.74, 6) is -0.0313. The van der Waals surface area contributed by atoms with E-state index < -0.39 is 0 Å². The molecule has 4 N–H and O–H groups in total. The van der Waals surface area contributed by atoms with Crippen molar-refractivity contribution in [3.63, 3.8) is 0 Å². The van der Waals surface area contributed by atoms with Crippen LogP contribution in [0.2, 0.25) is 0 Å². The van der Waals surface area contributed by atoms with Crippen molar-refractivity contribution in [1.29, 1.82) is 0 Å². The van der Waals surface area contributed by atoms with Crippen molar-refractivity contribution in [2.75, 3.05) is 16.4 Å². The Morgan fingerprint density at radius 1 is 0.391 bits per heavy atom. The number of anilines is 5. The van der Waals surface area contributed by atoms with Crippen LogP contribution in [0.3, 0.4) is 0 Å². The van der Waals surface area contributed by atoms with E-state index >= 15 is 0 Å².